The molecule has 0 amide bonds. The molecule has 0 spiro atoms. The highest BCUT2D eigenvalue weighted by Gasteiger charge is 2.13. The summed E-state index contributed by atoms with van der Waals surface area (Å²) in [6.45, 7) is 7.43. The first-order valence-electron chi connectivity index (χ1n) is 6.05. The van der Waals surface area contributed by atoms with Crippen LogP contribution in [0.2, 0.25) is 0 Å². The molecule has 0 saturated carbocycles. The monoisotopic (exact) mass is 301 g/mol. The molecule has 0 aliphatic carbocycles. The summed E-state index contributed by atoms with van der Waals surface area (Å²) in [4.78, 5) is 2.26. The Hall–Kier alpha value is -0.410. The van der Waals surface area contributed by atoms with E-state index in [1.807, 2.05) is 6.07 Å². The van der Waals surface area contributed by atoms with Crippen LogP contribution in [0.25, 0.3) is 0 Å². The van der Waals surface area contributed by atoms with Crippen molar-refractivity contribution in [1.82, 2.24) is 4.90 Å². The van der Waals surface area contributed by atoms with Crippen molar-refractivity contribution in [1.29, 1.82) is 0 Å². The van der Waals surface area contributed by atoms with E-state index >= 15 is 0 Å². The van der Waals surface area contributed by atoms with E-state index < -0.39 is 0 Å². The van der Waals surface area contributed by atoms with Gasteiger partial charge in [0, 0.05) is 12.6 Å². The van der Waals surface area contributed by atoms with Crippen LogP contribution in [0.1, 0.15) is 32.8 Å². The van der Waals surface area contributed by atoms with Crippen LogP contribution in [0.4, 0.5) is 4.39 Å². The summed E-state index contributed by atoms with van der Waals surface area (Å²) in [6.07, 6.45) is 1.16. The topological polar surface area (TPSA) is 3.24 Å². The third-order valence-corrected chi connectivity index (χ3v) is 3.90. The summed E-state index contributed by atoms with van der Waals surface area (Å²) >= 11 is 3.31. The lowest BCUT2D eigenvalue weighted by atomic mass is 10.0. The van der Waals surface area contributed by atoms with Gasteiger partial charge in [0.1, 0.15) is 5.82 Å². The zero-order valence-electron chi connectivity index (χ0n) is 11.0. The Morgan fingerprint density at radius 1 is 1.29 bits per heavy atom. The molecule has 0 aliphatic heterocycles. The van der Waals surface area contributed by atoms with E-state index in [-0.39, 0.29) is 5.82 Å². The van der Waals surface area contributed by atoms with Crippen LogP contribution in [0.5, 0.6) is 0 Å². The van der Waals surface area contributed by atoms with Gasteiger partial charge < -0.3 is 0 Å². The molecule has 17 heavy (non-hydrogen) atoms. The second-order valence-corrected chi connectivity index (χ2v) is 5.90. The molecule has 96 valence electrons. The molecule has 0 fully saturated rings. The third kappa shape index (κ3) is 4.40. The summed E-state index contributed by atoms with van der Waals surface area (Å²) in [6, 6.07) is 5.71. The van der Waals surface area contributed by atoms with Gasteiger partial charge >= 0.3 is 0 Å². The van der Waals surface area contributed by atoms with Crippen LogP contribution in [0, 0.1) is 11.7 Å². The fourth-order valence-electron chi connectivity index (χ4n) is 1.96. The number of nitrogens with zero attached hydrogens (tertiary/aromatic N) is 1. The second-order valence-electron chi connectivity index (χ2n) is 5.11. The Balaban J connectivity index is 2.67. The van der Waals surface area contributed by atoms with Crippen molar-refractivity contribution >= 4 is 15.9 Å². The van der Waals surface area contributed by atoms with Gasteiger partial charge in [-0.1, -0.05) is 26.0 Å². The highest BCUT2D eigenvalue weighted by Crippen LogP contribution is 2.22. The minimum atomic E-state index is -0.188. The van der Waals surface area contributed by atoms with E-state index in [9.17, 15) is 4.39 Å². The quantitative estimate of drug-likeness (QED) is 0.776. The maximum atomic E-state index is 13.4. The SMILES string of the molecule is CC(C)CC(C)N(C)Cc1cccc(F)c1Br. The summed E-state index contributed by atoms with van der Waals surface area (Å²) < 4.78 is 14.0. The molecule has 1 atom stereocenters. The summed E-state index contributed by atoms with van der Waals surface area (Å²) in [5.41, 5.74) is 1.00. The van der Waals surface area contributed by atoms with E-state index in [4.69, 9.17) is 0 Å². The van der Waals surface area contributed by atoms with E-state index in [0.717, 1.165) is 18.5 Å². The number of hydrogen-bond acceptors (Lipinski definition) is 1. The standard InChI is InChI=1S/C14H21BrFN/c1-10(2)8-11(3)17(4)9-12-6-5-7-13(16)14(12)15/h5-7,10-11H,8-9H2,1-4H3. The molecule has 0 aliphatic rings. The number of benzene rings is 1. The minimum Gasteiger partial charge on any atom is -0.299 e. The molecule has 3 heteroatoms. The van der Waals surface area contributed by atoms with Crippen molar-refractivity contribution in [3.05, 3.63) is 34.1 Å². The molecular weight excluding hydrogens is 281 g/mol. The number of hydrogen-bond donors (Lipinski definition) is 0. The molecule has 0 heterocycles. The van der Waals surface area contributed by atoms with Crippen molar-refractivity contribution in [3.8, 4) is 0 Å². The van der Waals surface area contributed by atoms with E-state index in [0.29, 0.717) is 16.4 Å². The average Bonchev–Trinajstić information content (AvgIpc) is 2.23. The normalized spacial score (nSPS) is 13.4. The molecule has 1 aromatic carbocycles. The first kappa shape index (κ1) is 14.7. The number of rotatable bonds is 5. The van der Waals surface area contributed by atoms with Gasteiger partial charge in [0.2, 0.25) is 0 Å². The molecule has 0 aromatic heterocycles. The van der Waals surface area contributed by atoms with E-state index in [1.54, 1.807) is 6.07 Å². The van der Waals surface area contributed by atoms with Crippen LogP contribution in [-0.2, 0) is 6.54 Å². The fraction of sp³-hybridized carbons (Fsp3) is 0.571. The van der Waals surface area contributed by atoms with Crippen molar-refractivity contribution in [3.63, 3.8) is 0 Å². The predicted octanol–water partition coefficient (Wildman–Crippen LogP) is 4.45. The van der Waals surface area contributed by atoms with Gasteiger partial charge in [-0.3, -0.25) is 4.90 Å². The maximum absolute atomic E-state index is 13.4. The zero-order chi connectivity index (χ0) is 13.0. The highest BCUT2D eigenvalue weighted by molar-refractivity contribution is 9.10. The Bertz CT molecular complexity index is 365. The molecule has 0 saturated heterocycles. The smallest absolute Gasteiger partial charge is 0.137 e. The lowest BCUT2D eigenvalue weighted by molar-refractivity contribution is 0.220. The molecular formula is C14H21BrFN. The molecule has 1 nitrogen and oxygen atoms in total. The van der Waals surface area contributed by atoms with Crippen molar-refractivity contribution in [2.75, 3.05) is 7.05 Å². The first-order valence-corrected chi connectivity index (χ1v) is 6.84. The molecule has 0 radical (unpaired) electrons. The van der Waals surface area contributed by atoms with Crippen LogP contribution in [0.15, 0.2) is 22.7 Å². The maximum Gasteiger partial charge on any atom is 0.137 e. The van der Waals surface area contributed by atoms with Crippen LogP contribution in [-0.4, -0.2) is 18.0 Å². The summed E-state index contributed by atoms with van der Waals surface area (Å²) in [7, 11) is 2.09. The van der Waals surface area contributed by atoms with E-state index in [1.165, 1.54) is 6.07 Å². The van der Waals surface area contributed by atoms with E-state index in [2.05, 4.69) is 48.6 Å². The molecule has 0 bridgehead atoms. The van der Waals surface area contributed by atoms with Crippen LogP contribution in [0.3, 0.4) is 0 Å². The minimum absolute atomic E-state index is 0.188. The predicted molar refractivity (Wildman–Crippen MR) is 74.5 cm³/mol. The Morgan fingerprint density at radius 3 is 2.53 bits per heavy atom. The second kappa shape index (κ2) is 6.50. The molecule has 1 aromatic rings. The van der Waals surface area contributed by atoms with Gasteiger partial charge in [-0.2, -0.15) is 0 Å². The van der Waals surface area contributed by atoms with Crippen LogP contribution >= 0.6 is 15.9 Å². The zero-order valence-corrected chi connectivity index (χ0v) is 12.6. The largest absolute Gasteiger partial charge is 0.299 e. The third-order valence-electron chi connectivity index (χ3n) is 3.02. The highest BCUT2D eigenvalue weighted by atomic mass is 79.9. The first-order chi connectivity index (χ1) is 7.91. The average molecular weight is 302 g/mol. The fourth-order valence-corrected chi connectivity index (χ4v) is 2.35. The summed E-state index contributed by atoms with van der Waals surface area (Å²) in [5, 5.41) is 0. The van der Waals surface area contributed by atoms with Crippen molar-refractivity contribution in [2.24, 2.45) is 5.92 Å². The molecule has 1 rings (SSSR count). The lowest BCUT2D eigenvalue weighted by Gasteiger charge is -2.26. The van der Waals surface area contributed by atoms with Gasteiger partial charge in [0.25, 0.3) is 0 Å². The van der Waals surface area contributed by atoms with Crippen molar-refractivity contribution < 1.29 is 4.39 Å². The summed E-state index contributed by atoms with van der Waals surface area (Å²) in [5.74, 6) is 0.496. The van der Waals surface area contributed by atoms with Gasteiger partial charge in [-0.25, -0.2) is 4.39 Å². The Morgan fingerprint density at radius 2 is 1.94 bits per heavy atom. The Labute approximate surface area is 112 Å². The lowest BCUT2D eigenvalue weighted by Crippen LogP contribution is -2.29. The van der Waals surface area contributed by atoms with Gasteiger partial charge in [0.05, 0.1) is 4.47 Å². The molecule has 0 N–H and O–H groups in total. The molecule has 1 unspecified atom stereocenters. The van der Waals surface area contributed by atoms with Gasteiger partial charge in [-0.15, -0.1) is 0 Å². The van der Waals surface area contributed by atoms with Gasteiger partial charge in [-0.05, 0) is 53.9 Å². The Kier molecular flexibility index (Phi) is 5.60. The van der Waals surface area contributed by atoms with Gasteiger partial charge in [0.15, 0.2) is 0 Å². The van der Waals surface area contributed by atoms with Crippen molar-refractivity contribution in [2.45, 2.75) is 39.8 Å². The number of halogens is 2. The van der Waals surface area contributed by atoms with Crippen LogP contribution < -0.4 is 0 Å².